The average molecular weight is 314 g/mol. The molecule has 0 spiro atoms. The van der Waals surface area contributed by atoms with Crippen LogP contribution in [-0.4, -0.2) is 41.0 Å². The van der Waals surface area contributed by atoms with Crippen molar-refractivity contribution in [2.45, 2.75) is 33.4 Å². The van der Waals surface area contributed by atoms with E-state index < -0.39 is 0 Å². The van der Waals surface area contributed by atoms with Gasteiger partial charge in [0.05, 0.1) is 5.69 Å². The normalized spacial score (nSPS) is 16.8. The van der Waals surface area contributed by atoms with Gasteiger partial charge in [0.1, 0.15) is 5.82 Å². The SMILES string of the molecule is C\C=C/C(/C=C/c1nc(C(=O)NC)c2n1CCCN(C)C2)=C\C. The van der Waals surface area contributed by atoms with Gasteiger partial charge in [-0.15, -0.1) is 0 Å². The Morgan fingerprint density at radius 3 is 2.70 bits per heavy atom. The predicted octanol–water partition coefficient (Wildman–Crippen LogP) is 2.61. The summed E-state index contributed by atoms with van der Waals surface area (Å²) in [5.41, 5.74) is 2.66. The first-order chi connectivity index (χ1) is 11.1. The minimum atomic E-state index is -0.122. The maximum atomic E-state index is 12.2. The number of imidazole rings is 1. The number of hydrogen-bond acceptors (Lipinski definition) is 3. The fraction of sp³-hybridized carbons (Fsp3) is 0.444. The summed E-state index contributed by atoms with van der Waals surface area (Å²) >= 11 is 0. The monoisotopic (exact) mass is 314 g/mol. The Hall–Kier alpha value is -2.14. The summed E-state index contributed by atoms with van der Waals surface area (Å²) in [6.07, 6.45) is 11.2. The summed E-state index contributed by atoms with van der Waals surface area (Å²) in [7, 11) is 3.73. The van der Waals surface area contributed by atoms with Crippen molar-refractivity contribution in [2.24, 2.45) is 0 Å². The molecule has 1 N–H and O–H groups in total. The van der Waals surface area contributed by atoms with Crippen molar-refractivity contribution in [3.63, 3.8) is 0 Å². The Bertz CT molecular complexity index is 652. The highest BCUT2D eigenvalue weighted by Crippen LogP contribution is 2.20. The highest BCUT2D eigenvalue weighted by atomic mass is 16.1. The lowest BCUT2D eigenvalue weighted by atomic mass is 10.2. The van der Waals surface area contributed by atoms with Crippen molar-refractivity contribution in [3.05, 3.63) is 47.1 Å². The van der Waals surface area contributed by atoms with E-state index in [0.717, 1.165) is 43.1 Å². The van der Waals surface area contributed by atoms with E-state index in [1.54, 1.807) is 7.05 Å². The molecule has 0 saturated carbocycles. The highest BCUT2D eigenvalue weighted by molar-refractivity contribution is 5.93. The molecule has 1 aromatic heterocycles. The van der Waals surface area contributed by atoms with E-state index in [-0.39, 0.29) is 5.91 Å². The molecule has 0 fully saturated rings. The van der Waals surface area contributed by atoms with Gasteiger partial charge in [0.15, 0.2) is 5.69 Å². The van der Waals surface area contributed by atoms with Gasteiger partial charge in [-0.25, -0.2) is 4.98 Å². The van der Waals surface area contributed by atoms with Crippen LogP contribution in [0.3, 0.4) is 0 Å². The van der Waals surface area contributed by atoms with Crippen LogP contribution >= 0.6 is 0 Å². The minimum absolute atomic E-state index is 0.122. The number of aromatic nitrogens is 2. The first-order valence-corrected chi connectivity index (χ1v) is 8.07. The summed E-state index contributed by atoms with van der Waals surface area (Å²) in [6.45, 7) is 6.67. The Labute approximate surface area is 138 Å². The number of carbonyl (C=O) groups is 1. The smallest absolute Gasteiger partial charge is 0.271 e. The molecule has 0 unspecified atom stereocenters. The van der Waals surface area contributed by atoms with E-state index in [4.69, 9.17) is 0 Å². The maximum Gasteiger partial charge on any atom is 0.271 e. The topological polar surface area (TPSA) is 50.2 Å². The lowest BCUT2D eigenvalue weighted by Gasteiger charge is -2.12. The molecule has 5 nitrogen and oxygen atoms in total. The molecule has 1 amide bonds. The highest BCUT2D eigenvalue weighted by Gasteiger charge is 2.23. The van der Waals surface area contributed by atoms with Crippen LogP contribution in [-0.2, 0) is 13.1 Å². The van der Waals surface area contributed by atoms with Gasteiger partial charge in [-0.1, -0.05) is 24.3 Å². The summed E-state index contributed by atoms with van der Waals surface area (Å²) in [6, 6.07) is 0. The van der Waals surface area contributed by atoms with Crippen LogP contribution in [0, 0.1) is 0 Å². The summed E-state index contributed by atoms with van der Waals surface area (Å²) in [5.74, 6) is 0.723. The zero-order chi connectivity index (χ0) is 16.8. The van der Waals surface area contributed by atoms with Crippen molar-refractivity contribution in [2.75, 3.05) is 20.6 Å². The Balaban J connectivity index is 2.44. The third-order valence-electron chi connectivity index (χ3n) is 4.00. The Morgan fingerprint density at radius 1 is 1.26 bits per heavy atom. The minimum Gasteiger partial charge on any atom is -0.354 e. The van der Waals surface area contributed by atoms with Gasteiger partial charge < -0.3 is 14.8 Å². The van der Waals surface area contributed by atoms with Crippen molar-refractivity contribution >= 4 is 12.0 Å². The van der Waals surface area contributed by atoms with Gasteiger partial charge >= 0.3 is 0 Å². The fourth-order valence-electron chi connectivity index (χ4n) is 2.79. The summed E-state index contributed by atoms with van der Waals surface area (Å²) in [5, 5.41) is 2.70. The van der Waals surface area contributed by atoms with Crippen LogP contribution in [0.5, 0.6) is 0 Å². The van der Waals surface area contributed by atoms with Crippen LogP contribution in [0.25, 0.3) is 6.08 Å². The molecular formula is C18H26N4O. The number of nitrogens with one attached hydrogen (secondary N) is 1. The first-order valence-electron chi connectivity index (χ1n) is 8.07. The van der Waals surface area contributed by atoms with E-state index in [1.165, 1.54) is 0 Å². The number of nitrogens with zero attached hydrogens (tertiary/aromatic N) is 3. The van der Waals surface area contributed by atoms with Crippen LogP contribution in [0.15, 0.2) is 29.9 Å². The van der Waals surface area contributed by atoms with E-state index in [2.05, 4.69) is 39.0 Å². The van der Waals surface area contributed by atoms with Gasteiger partial charge in [-0.2, -0.15) is 0 Å². The van der Waals surface area contributed by atoms with Crippen molar-refractivity contribution in [1.29, 1.82) is 0 Å². The fourth-order valence-corrected chi connectivity index (χ4v) is 2.79. The third kappa shape index (κ3) is 3.99. The van der Waals surface area contributed by atoms with Crippen molar-refractivity contribution in [1.82, 2.24) is 19.8 Å². The van der Waals surface area contributed by atoms with Gasteiger partial charge in [0.25, 0.3) is 5.91 Å². The van der Waals surface area contributed by atoms with Crippen molar-refractivity contribution in [3.8, 4) is 0 Å². The van der Waals surface area contributed by atoms with E-state index >= 15 is 0 Å². The van der Waals surface area contributed by atoms with E-state index in [1.807, 2.05) is 32.1 Å². The average Bonchev–Trinajstić information content (AvgIpc) is 2.76. The molecule has 1 aliphatic rings. The molecule has 0 aromatic carbocycles. The van der Waals surface area contributed by atoms with Gasteiger partial charge in [-0.05, 0) is 45.5 Å². The molecule has 23 heavy (non-hydrogen) atoms. The quantitative estimate of drug-likeness (QED) is 0.869. The second-order valence-corrected chi connectivity index (χ2v) is 5.71. The number of amides is 1. The number of rotatable bonds is 4. The molecule has 1 aromatic rings. The van der Waals surface area contributed by atoms with Crippen LogP contribution in [0.1, 0.15) is 42.3 Å². The van der Waals surface area contributed by atoms with Gasteiger partial charge in [0, 0.05) is 20.1 Å². The summed E-state index contributed by atoms with van der Waals surface area (Å²) in [4.78, 5) is 19.0. The molecule has 0 bridgehead atoms. The van der Waals surface area contributed by atoms with Gasteiger partial charge in [0.2, 0.25) is 0 Å². The van der Waals surface area contributed by atoms with Gasteiger partial charge in [-0.3, -0.25) is 4.79 Å². The largest absolute Gasteiger partial charge is 0.354 e. The molecule has 0 saturated heterocycles. The molecule has 2 heterocycles. The molecule has 124 valence electrons. The molecule has 0 aliphatic carbocycles. The Morgan fingerprint density at radius 2 is 2.04 bits per heavy atom. The van der Waals surface area contributed by atoms with Crippen LogP contribution in [0.2, 0.25) is 0 Å². The molecular weight excluding hydrogens is 288 g/mol. The first kappa shape index (κ1) is 17.2. The van der Waals surface area contributed by atoms with E-state index in [9.17, 15) is 4.79 Å². The maximum absolute atomic E-state index is 12.2. The zero-order valence-electron chi connectivity index (χ0n) is 14.5. The summed E-state index contributed by atoms with van der Waals surface area (Å²) < 4.78 is 2.17. The number of carbonyl (C=O) groups excluding carboxylic acids is 1. The second-order valence-electron chi connectivity index (χ2n) is 5.71. The Kier molecular flexibility index (Phi) is 5.93. The number of hydrogen-bond donors (Lipinski definition) is 1. The predicted molar refractivity (Wildman–Crippen MR) is 94.2 cm³/mol. The zero-order valence-corrected chi connectivity index (χ0v) is 14.5. The molecule has 2 rings (SSSR count). The standard InChI is InChI=1S/C18H26N4O/c1-5-8-14(6-2)9-10-16-20-17(18(23)19-3)15-13-21(4)11-7-12-22(15)16/h5-6,8-10H,7,11-13H2,1-4H3,(H,19,23)/b8-5-,10-9+,14-6+. The number of fused-ring (bicyclic) bond motifs is 1. The molecule has 5 heteroatoms. The lowest BCUT2D eigenvalue weighted by Crippen LogP contribution is -2.23. The molecule has 0 radical (unpaired) electrons. The van der Waals surface area contributed by atoms with Crippen LogP contribution in [0.4, 0.5) is 0 Å². The van der Waals surface area contributed by atoms with E-state index in [0.29, 0.717) is 5.69 Å². The second kappa shape index (κ2) is 7.92. The lowest BCUT2D eigenvalue weighted by molar-refractivity contribution is 0.0956. The van der Waals surface area contributed by atoms with Crippen molar-refractivity contribution < 1.29 is 4.79 Å². The molecule has 0 atom stereocenters. The van der Waals surface area contributed by atoms with Crippen LogP contribution < -0.4 is 5.32 Å². The number of allylic oxidation sites excluding steroid dienone is 5. The molecule has 1 aliphatic heterocycles. The third-order valence-corrected chi connectivity index (χ3v) is 4.00.